The van der Waals surface area contributed by atoms with Crippen molar-refractivity contribution in [1.82, 2.24) is 0 Å². The molecule has 0 unspecified atom stereocenters. The minimum Gasteiger partial charge on any atom is -0.504 e. The lowest BCUT2D eigenvalue weighted by molar-refractivity contribution is -0.212. The van der Waals surface area contributed by atoms with Gasteiger partial charge in [-0.1, -0.05) is 66.2 Å². The Bertz CT molecular complexity index is 1450. The van der Waals surface area contributed by atoms with Gasteiger partial charge in [-0.15, -0.1) is 0 Å². The number of carbonyl (C=O) groups excluding carboxylic acids is 1. The summed E-state index contributed by atoms with van der Waals surface area (Å²) >= 11 is 0. The minimum absolute atomic E-state index is 0.0121. The number of carboxylic acid groups (broad SMARTS) is 1. The number of fused-ring (bicyclic) bond motifs is 7. The molecule has 1 aromatic carbocycles. The summed E-state index contributed by atoms with van der Waals surface area (Å²) in [5.41, 5.74) is 1.59. The van der Waals surface area contributed by atoms with E-state index in [0.29, 0.717) is 17.4 Å². The van der Waals surface area contributed by atoms with Crippen molar-refractivity contribution in [3.8, 4) is 11.5 Å². The quantitative estimate of drug-likeness (QED) is 0.135. The maximum Gasteiger partial charge on any atom is 0.331 e. The summed E-state index contributed by atoms with van der Waals surface area (Å²) in [6, 6.07) is 4.46. The number of ether oxygens (including phenoxy) is 1. The molecule has 0 heterocycles. The maximum atomic E-state index is 13.0. The van der Waals surface area contributed by atoms with Crippen molar-refractivity contribution in [2.75, 3.05) is 0 Å². The van der Waals surface area contributed by atoms with Crippen molar-refractivity contribution < 1.29 is 29.6 Å². The van der Waals surface area contributed by atoms with E-state index in [1.165, 1.54) is 23.8 Å². The largest absolute Gasteiger partial charge is 0.504 e. The average Bonchev–Trinajstić information content (AvgIpc) is 2.95. The topological polar surface area (TPSA) is 104 Å². The van der Waals surface area contributed by atoms with Gasteiger partial charge in [-0.2, -0.15) is 0 Å². The summed E-state index contributed by atoms with van der Waals surface area (Å²) in [6.45, 7) is 16.8. The van der Waals surface area contributed by atoms with Crippen LogP contribution in [0, 0.1) is 50.2 Å². The van der Waals surface area contributed by atoms with Crippen molar-refractivity contribution in [2.45, 2.75) is 119 Å². The van der Waals surface area contributed by atoms with Crippen molar-refractivity contribution in [3.63, 3.8) is 0 Å². The van der Waals surface area contributed by atoms with Crippen LogP contribution in [0.5, 0.6) is 11.5 Å². The summed E-state index contributed by atoms with van der Waals surface area (Å²) < 4.78 is 6.15. The lowest BCUT2D eigenvalue weighted by atomic mass is 9.33. The molecule has 0 amide bonds. The number of esters is 1. The van der Waals surface area contributed by atoms with Gasteiger partial charge in [0, 0.05) is 11.5 Å². The Morgan fingerprint density at radius 2 is 1.58 bits per heavy atom. The molecule has 4 fully saturated rings. The molecule has 0 aliphatic heterocycles. The third-order valence-corrected chi connectivity index (χ3v) is 14.7. The Labute approximate surface area is 269 Å². The van der Waals surface area contributed by atoms with Crippen LogP contribution >= 0.6 is 0 Å². The Kier molecular flexibility index (Phi) is 7.42. The number of aliphatic carboxylic acids is 1. The van der Waals surface area contributed by atoms with Crippen LogP contribution in [0.25, 0.3) is 6.08 Å². The summed E-state index contributed by atoms with van der Waals surface area (Å²) in [6.07, 6.45) is 14.8. The number of hydrogen-bond donors (Lipinski definition) is 3. The van der Waals surface area contributed by atoms with Crippen molar-refractivity contribution in [3.05, 3.63) is 41.5 Å². The van der Waals surface area contributed by atoms with Gasteiger partial charge in [-0.25, -0.2) is 4.79 Å². The molecule has 0 radical (unpaired) electrons. The number of phenolic OH excluding ortho intramolecular Hbond substituents is 2. The summed E-state index contributed by atoms with van der Waals surface area (Å²) in [5, 5.41) is 30.0. The molecule has 0 saturated heterocycles. The fourth-order valence-electron chi connectivity index (χ4n) is 11.8. The smallest absolute Gasteiger partial charge is 0.331 e. The van der Waals surface area contributed by atoms with Crippen LogP contribution in [0.15, 0.2) is 35.9 Å². The highest BCUT2D eigenvalue weighted by molar-refractivity contribution is 5.87. The number of aromatic hydroxyl groups is 2. The zero-order chi connectivity index (χ0) is 32.8. The number of carboxylic acids is 1. The van der Waals surface area contributed by atoms with Crippen molar-refractivity contribution in [2.24, 2.45) is 50.2 Å². The molecule has 6 rings (SSSR count). The first kappa shape index (κ1) is 32.2. The van der Waals surface area contributed by atoms with Crippen LogP contribution in [0.3, 0.4) is 0 Å². The first-order valence-electron chi connectivity index (χ1n) is 17.2. The Morgan fingerprint density at radius 3 is 2.27 bits per heavy atom. The summed E-state index contributed by atoms with van der Waals surface area (Å²) in [5.74, 6) is -0.379. The van der Waals surface area contributed by atoms with E-state index in [-0.39, 0.29) is 56.6 Å². The molecule has 5 aliphatic carbocycles. The molecule has 5 aliphatic rings. The standard InChI is InChI=1S/C39H54O6/c1-34(2)18-20-39(33(43)44)21-19-37(6)25(26(39)23-34)10-12-30-36(5)16-15-31(35(3,4)29(36)14-17-38(30,37)7)45-32(42)13-9-24-8-11-27(40)28(41)22-24/h8-11,13,22,26,29-31,40-41H,12,14-21,23H2,1-7H3,(H,43,44)/b13-9+/t26-,29-,30+,31-,36-,37+,38+,39-/m0/s1. The molecule has 246 valence electrons. The monoisotopic (exact) mass is 618 g/mol. The maximum absolute atomic E-state index is 13.0. The van der Waals surface area contributed by atoms with Crippen LogP contribution in [0.2, 0.25) is 0 Å². The van der Waals surface area contributed by atoms with E-state index in [0.717, 1.165) is 64.2 Å². The van der Waals surface area contributed by atoms with E-state index >= 15 is 0 Å². The highest BCUT2D eigenvalue weighted by Crippen LogP contribution is 2.75. The van der Waals surface area contributed by atoms with E-state index in [1.54, 1.807) is 12.1 Å². The summed E-state index contributed by atoms with van der Waals surface area (Å²) in [4.78, 5) is 25.9. The number of benzene rings is 1. The number of allylic oxidation sites excluding steroid dienone is 2. The molecule has 0 aromatic heterocycles. The van der Waals surface area contributed by atoms with Gasteiger partial charge in [0.2, 0.25) is 0 Å². The molecular weight excluding hydrogens is 564 g/mol. The second-order valence-corrected chi connectivity index (χ2v) is 17.5. The highest BCUT2D eigenvalue weighted by atomic mass is 16.5. The lowest BCUT2D eigenvalue weighted by Gasteiger charge is -2.71. The van der Waals surface area contributed by atoms with E-state index < -0.39 is 11.4 Å². The zero-order valence-electron chi connectivity index (χ0n) is 28.4. The number of hydrogen-bond acceptors (Lipinski definition) is 5. The lowest BCUT2D eigenvalue weighted by Crippen LogP contribution is -2.65. The molecule has 0 spiro atoms. The Balaban J connectivity index is 1.25. The zero-order valence-corrected chi connectivity index (χ0v) is 28.4. The van der Waals surface area contributed by atoms with Gasteiger partial charge in [-0.05, 0) is 127 Å². The highest BCUT2D eigenvalue weighted by Gasteiger charge is 2.69. The molecule has 0 bridgehead atoms. The Hall–Kier alpha value is -2.76. The van der Waals surface area contributed by atoms with Gasteiger partial charge >= 0.3 is 11.9 Å². The van der Waals surface area contributed by atoms with Gasteiger partial charge in [0.25, 0.3) is 0 Å². The minimum atomic E-state index is -0.619. The predicted molar refractivity (Wildman–Crippen MR) is 175 cm³/mol. The van der Waals surface area contributed by atoms with E-state index in [2.05, 4.69) is 54.5 Å². The van der Waals surface area contributed by atoms with Crippen molar-refractivity contribution in [1.29, 1.82) is 0 Å². The van der Waals surface area contributed by atoms with E-state index in [9.17, 15) is 24.9 Å². The molecule has 4 saturated carbocycles. The second kappa shape index (κ2) is 10.4. The first-order valence-corrected chi connectivity index (χ1v) is 17.2. The number of rotatable bonds is 4. The van der Waals surface area contributed by atoms with Gasteiger partial charge in [0.15, 0.2) is 11.5 Å². The normalized spacial score (nSPS) is 41.5. The van der Waals surface area contributed by atoms with Crippen molar-refractivity contribution >= 4 is 18.0 Å². The van der Waals surface area contributed by atoms with Crippen LogP contribution in [-0.2, 0) is 14.3 Å². The van der Waals surface area contributed by atoms with E-state index in [1.807, 2.05) is 0 Å². The SMILES string of the molecule is CC1(C)CC[C@]2(C(=O)O)CC[C@]3(C)C(=CC[C@@H]4[C@@]5(C)CC[C@H](OC(=O)/C=C/c6ccc(O)c(O)c6)C(C)(C)[C@@H]5CC[C@]43C)[C@@H]2C1. The summed E-state index contributed by atoms with van der Waals surface area (Å²) in [7, 11) is 0. The van der Waals surface area contributed by atoms with Crippen LogP contribution in [0.1, 0.15) is 118 Å². The van der Waals surface area contributed by atoms with Crippen LogP contribution < -0.4 is 0 Å². The Morgan fingerprint density at radius 1 is 0.867 bits per heavy atom. The third kappa shape index (κ3) is 4.70. The van der Waals surface area contributed by atoms with E-state index in [4.69, 9.17) is 4.74 Å². The molecule has 8 atom stereocenters. The van der Waals surface area contributed by atoms with Gasteiger partial charge in [0.05, 0.1) is 5.41 Å². The second-order valence-electron chi connectivity index (χ2n) is 17.5. The average molecular weight is 619 g/mol. The number of carbonyl (C=O) groups is 2. The first-order chi connectivity index (χ1) is 20.9. The molecule has 6 heteroatoms. The number of phenols is 2. The molecular formula is C39H54O6. The van der Waals surface area contributed by atoms with Crippen LogP contribution in [0.4, 0.5) is 0 Å². The molecule has 6 nitrogen and oxygen atoms in total. The fourth-order valence-corrected chi connectivity index (χ4v) is 11.8. The molecule has 1 aromatic rings. The molecule has 3 N–H and O–H groups in total. The molecule has 45 heavy (non-hydrogen) atoms. The van der Waals surface area contributed by atoms with Crippen LogP contribution in [-0.4, -0.2) is 33.4 Å². The van der Waals surface area contributed by atoms with Gasteiger partial charge in [-0.3, -0.25) is 4.79 Å². The fraction of sp³-hybridized carbons (Fsp3) is 0.692. The van der Waals surface area contributed by atoms with Gasteiger partial charge in [0.1, 0.15) is 6.10 Å². The predicted octanol–water partition coefficient (Wildman–Crippen LogP) is 8.91. The van der Waals surface area contributed by atoms with Gasteiger partial charge < -0.3 is 20.1 Å². The third-order valence-electron chi connectivity index (χ3n) is 14.7.